The van der Waals surface area contributed by atoms with Crippen molar-refractivity contribution in [1.82, 2.24) is 10.2 Å². The van der Waals surface area contributed by atoms with Crippen LogP contribution < -0.4 is 5.32 Å². The Morgan fingerprint density at radius 3 is 2.38 bits per heavy atom. The second-order valence-corrected chi connectivity index (χ2v) is 6.91. The largest absolute Gasteiger partial charge is 0.352 e. The summed E-state index contributed by atoms with van der Waals surface area (Å²) in [7, 11) is 0. The summed E-state index contributed by atoms with van der Waals surface area (Å²) in [4.78, 5) is 27.5. The van der Waals surface area contributed by atoms with E-state index in [1.807, 2.05) is 44.2 Å². The molecule has 4 nitrogen and oxygen atoms in total. The van der Waals surface area contributed by atoms with Gasteiger partial charge in [-0.25, -0.2) is 0 Å². The highest BCUT2D eigenvalue weighted by Crippen LogP contribution is 2.35. The molecule has 26 heavy (non-hydrogen) atoms. The molecular formula is C22H26N2O2. The van der Waals surface area contributed by atoms with Crippen molar-refractivity contribution in [2.45, 2.75) is 52.2 Å². The van der Waals surface area contributed by atoms with Crippen LogP contribution in [0.15, 0.2) is 48.5 Å². The Hall–Kier alpha value is -2.62. The van der Waals surface area contributed by atoms with Gasteiger partial charge in [0.1, 0.15) is 6.04 Å². The molecule has 0 aromatic heterocycles. The molecule has 2 aromatic rings. The van der Waals surface area contributed by atoms with Crippen molar-refractivity contribution in [3.63, 3.8) is 0 Å². The molecule has 0 saturated heterocycles. The summed E-state index contributed by atoms with van der Waals surface area (Å²) in [5, 5.41) is 3.03. The Bertz CT molecular complexity index is 798. The van der Waals surface area contributed by atoms with Crippen LogP contribution in [-0.2, 0) is 17.8 Å². The summed E-state index contributed by atoms with van der Waals surface area (Å²) in [6.45, 7) is 6.56. The van der Waals surface area contributed by atoms with Crippen LogP contribution >= 0.6 is 0 Å². The molecule has 2 aromatic carbocycles. The highest BCUT2D eigenvalue weighted by molar-refractivity contribution is 6.04. The SMILES string of the molecule is CCc1ccc(CN2C(=O)c3ccccc3[C@H]2C(=O)N[C@@H](C)CC)cc1. The second-order valence-electron chi connectivity index (χ2n) is 6.91. The molecule has 4 heteroatoms. The van der Waals surface area contributed by atoms with Crippen LogP contribution in [-0.4, -0.2) is 22.8 Å². The van der Waals surface area contributed by atoms with Gasteiger partial charge in [0.05, 0.1) is 0 Å². The van der Waals surface area contributed by atoms with Gasteiger partial charge in [0.25, 0.3) is 5.91 Å². The molecular weight excluding hydrogens is 324 g/mol. The number of benzene rings is 2. The van der Waals surface area contributed by atoms with Crippen LogP contribution in [0.25, 0.3) is 0 Å². The van der Waals surface area contributed by atoms with E-state index in [0.717, 1.165) is 24.0 Å². The predicted molar refractivity (Wildman–Crippen MR) is 103 cm³/mol. The third-order valence-corrected chi connectivity index (χ3v) is 5.09. The first-order chi connectivity index (χ1) is 12.5. The first-order valence-electron chi connectivity index (χ1n) is 9.33. The summed E-state index contributed by atoms with van der Waals surface area (Å²) >= 11 is 0. The minimum absolute atomic E-state index is 0.0792. The third-order valence-electron chi connectivity index (χ3n) is 5.09. The number of hydrogen-bond donors (Lipinski definition) is 1. The molecule has 136 valence electrons. The molecule has 0 bridgehead atoms. The summed E-state index contributed by atoms with van der Waals surface area (Å²) in [5.74, 6) is -0.188. The van der Waals surface area contributed by atoms with Crippen molar-refractivity contribution in [3.05, 3.63) is 70.8 Å². The van der Waals surface area contributed by atoms with Crippen molar-refractivity contribution in [3.8, 4) is 0 Å². The molecule has 2 atom stereocenters. The molecule has 1 N–H and O–H groups in total. The topological polar surface area (TPSA) is 49.4 Å². The van der Waals surface area contributed by atoms with Crippen molar-refractivity contribution in [2.75, 3.05) is 0 Å². The number of carbonyl (C=O) groups is 2. The number of nitrogens with zero attached hydrogens (tertiary/aromatic N) is 1. The summed E-state index contributed by atoms with van der Waals surface area (Å²) in [5.41, 5.74) is 3.71. The Morgan fingerprint density at radius 2 is 1.73 bits per heavy atom. The molecule has 1 aliphatic rings. The quantitative estimate of drug-likeness (QED) is 0.860. The fraction of sp³-hybridized carbons (Fsp3) is 0.364. The van der Waals surface area contributed by atoms with Crippen molar-refractivity contribution >= 4 is 11.8 Å². The van der Waals surface area contributed by atoms with Crippen molar-refractivity contribution in [2.24, 2.45) is 0 Å². The Kier molecular flexibility index (Phi) is 5.40. The van der Waals surface area contributed by atoms with Crippen molar-refractivity contribution < 1.29 is 9.59 Å². The molecule has 1 aliphatic heterocycles. The van der Waals surface area contributed by atoms with E-state index in [4.69, 9.17) is 0 Å². The van der Waals surface area contributed by atoms with Crippen LogP contribution in [0.5, 0.6) is 0 Å². The van der Waals surface area contributed by atoms with Crippen LogP contribution in [0, 0.1) is 0 Å². The minimum Gasteiger partial charge on any atom is -0.352 e. The van der Waals surface area contributed by atoms with Crippen LogP contribution in [0.4, 0.5) is 0 Å². The minimum atomic E-state index is -0.571. The van der Waals surface area contributed by atoms with Gasteiger partial charge in [-0.3, -0.25) is 9.59 Å². The first kappa shape index (κ1) is 18.2. The maximum Gasteiger partial charge on any atom is 0.255 e. The Morgan fingerprint density at radius 1 is 1.08 bits per heavy atom. The third kappa shape index (κ3) is 3.50. The molecule has 2 amide bonds. The molecule has 0 aliphatic carbocycles. The fourth-order valence-electron chi connectivity index (χ4n) is 3.32. The molecule has 0 fully saturated rings. The van der Waals surface area contributed by atoms with E-state index in [0.29, 0.717) is 12.1 Å². The van der Waals surface area contributed by atoms with Gasteiger partial charge in [0.15, 0.2) is 0 Å². The van der Waals surface area contributed by atoms with E-state index in [9.17, 15) is 9.59 Å². The zero-order valence-corrected chi connectivity index (χ0v) is 15.7. The van der Waals surface area contributed by atoms with E-state index in [-0.39, 0.29) is 17.9 Å². The van der Waals surface area contributed by atoms with Gasteiger partial charge in [0.2, 0.25) is 5.91 Å². The van der Waals surface area contributed by atoms with E-state index in [1.54, 1.807) is 11.0 Å². The standard InChI is InChI=1S/C22H26N2O2/c1-4-15(3)23-21(25)20-18-8-6-7-9-19(18)22(26)24(20)14-17-12-10-16(5-2)11-13-17/h6-13,15,20H,4-5,14H2,1-3H3,(H,23,25)/t15-,20-/m0/s1. The zero-order valence-electron chi connectivity index (χ0n) is 15.7. The number of fused-ring (bicyclic) bond motifs is 1. The lowest BCUT2D eigenvalue weighted by Gasteiger charge is -2.26. The molecule has 0 spiro atoms. The van der Waals surface area contributed by atoms with Crippen LogP contribution in [0.3, 0.4) is 0 Å². The van der Waals surface area contributed by atoms with E-state index in [1.165, 1.54) is 5.56 Å². The Labute approximate surface area is 155 Å². The molecule has 0 radical (unpaired) electrons. The average molecular weight is 350 g/mol. The monoisotopic (exact) mass is 350 g/mol. The zero-order chi connectivity index (χ0) is 18.7. The lowest BCUT2D eigenvalue weighted by Crippen LogP contribution is -2.42. The number of nitrogens with one attached hydrogen (secondary N) is 1. The second kappa shape index (κ2) is 7.73. The van der Waals surface area contributed by atoms with E-state index in [2.05, 4.69) is 24.4 Å². The van der Waals surface area contributed by atoms with Gasteiger partial charge in [-0.2, -0.15) is 0 Å². The number of rotatable bonds is 6. The fourth-order valence-corrected chi connectivity index (χ4v) is 3.32. The van der Waals surface area contributed by atoms with Gasteiger partial charge in [-0.1, -0.05) is 56.3 Å². The van der Waals surface area contributed by atoms with Gasteiger partial charge < -0.3 is 10.2 Å². The number of hydrogen-bond acceptors (Lipinski definition) is 2. The van der Waals surface area contributed by atoms with Gasteiger partial charge in [-0.15, -0.1) is 0 Å². The smallest absolute Gasteiger partial charge is 0.255 e. The predicted octanol–water partition coefficient (Wildman–Crippen LogP) is 3.86. The summed E-state index contributed by atoms with van der Waals surface area (Å²) < 4.78 is 0. The summed E-state index contributed by atoms with van der Waals surface area (Å²) in [6, 6.07) is 15.2. The van der Waals surface area contributed by atoms with Gasteiger partial charge >= 0.3 is 0 Å². The normalized spacial score (nSPS) is 17.1. The maximum atomic E-state index is 12.9. The number of amides is 2. The molecule has 1 heterocycles. The maximum absolute atomic E-state index is 12.9. The first-order valence-corrected chi connectivity index (χ1v) is 9.33. The number of carbonyl (C=O) groups excluding carboxylic acids is 2. The van der Waals surface area contributed by atoms with E-state index < -0.39 is 6.04 Å². The van der Waals surface area contributed by atoms with Gasteiger partial charge in [-0.05, 0) is 42.5 Å². The highest BCUT2D eigenvalue weighted by Gasteiger charge is 2.40. The van der Waals surface area contributed by atoms with Crippen LogP contribution in [0.2, 0.25) is 0 Å². The van der Waals surface area contributed by atoms with Gasteiger partial charge in [0, 0.05) is 18.2 Å². The van der Waals surface area contributed by atoms with E-state index >= 15 is 0 Å². The lowest BCUT2D eigenvalue weighted by atomic mass is 10.0. The Balaban J connectivity index is 1.90. The average Bonchev–Trinajstić information content (AvgIpc) is 2.94. The van der Waals surface area contributed by atoms with Crippen molar-refractivity contribution in [1.29, 1.82) is 0 Å². The lowest BCUT2D eigenvalue weighted by molar-refractivity contribution is -0.126. The highest BCUT2D eigenvalue weighted by atomic mass is 16.2. The van der Waals surface area contributed by atoms with Crippen LogP contribution in [0.1, 0.15) is 60.3 Å². The number of aryl methyl sites for hydroxylation is 1. The summed E-state index contributed by atoms with van der Waals surface area (Å²) in [6.07, 6.45) is 1.83. The molecule has 3 rings (SSSR count). The molecule has 0 saturated carbocycles. The molecule has 0 unspecified atom stereocenters.